The molecular formula is C21H29ClN4O. The molecule has 2 saturated heterocycles. The van der Waals surface area contributed by atoms with Crippen LogP contribution in [0, 0.1) is 5.92 Å². The number of nitrogens with zero attached hydrogens (tertiary/aromatic N) is 4. The Morgan fingerprint density at radius 3 is 2.63 bits per heavy atom. The van der Waals surface area contributed by atoms with E-state index in [0.717, 1.165) is 42.2 Å². The van der Waals surface area contributed by atoms with Gasteiger partial charge in [0, 0.05) is 17.5 Å². The molecule has 2 aromatic rings. The second-order valence-electron chi connectivity index (χ2n) is 7.97. The lowest BCUT2D eigenvalue weighted by Crippen LogP contribution is -2.42. The van der Waals surface area contributed by atoms with Gasteiger partial charge in [0.05, 0.1) is 6.54 Å². The van der Waals surface area contributed by atoms with Crippen LogP contribution < -0.4 is 0 Å². The average molecular weight is 389 g/mol. The molecule has 1 atom stereocenters. The van der Waals surface area contributed by atoms with Gasteiger partial charge < -0.3 is 9.42 Å². The second-order valence-corrected chi connectivity index (χ2v) is 8.38. The van der Waals surface area contributed by atoms with Crippen molar-refractivity contribution in [1.29, 1.82) is 0 Å². The van der Waals surface area contributed by atoms with Gasteiger partial charge in [0.15, 0.2) is 5.82 Å². The third-order valence-corrected chi connectivity index (χ3v) is 6.58. The Labute approximate surface area is 166 Å². The summed E-state index contributed by atoms with van der Waals surface area (Å²) in [5.74, 6) is 2.23. The molecule has 1 unspecified atom stereocenters. The molecule has 1 aromatic heterocycles. The molecule has 5 nitrogen and oxygen atoms in total. The minimum Gasteiger partial charge on any atom is -0.338 e. The van der Waals surface area contributed by atoms with Crippen molar-refractivity contribution in [3.05, 3.63) is 46.6 Å². The van der Waals surface area contributed by atoms with E-state index in [4.69, 9.17) is 16.1 Å². The first-order chi connectivity index (χ1) is 13.2. The Bertz CT molecular complexity index is 735. The molecule has 0 bridgehead atoms. The van der Waals surface area contributed by atoms with Crippen molar-refractivity contribution in [3.63, 3.8) is 0 Å². The number of likely N-dealkylation sites (tertiary alicyclic amines) is 2. The van der Waals surface area contributed by atoms with Crippen molar-refractivity contribution in [2.45, 2.75) is 51.6 Å². The van der Waals surface area contributed by atoms with E-state index in [1.54, 1.807) is 0 Å². The van der Waals surface area contributed by atoms with Crippen LogP contribution >= 0.6 is 11.6 Å². The molecule has 2 aliphatic heterocycles. The van der Waals surface area contributed by atoms with Crippen LogP contribution in [-0.2, 0) is 13.0 Å². The Kier molecular flexibility index (Phi) is 6.11. The normalized spacial score (nSPS) is 21.0. The Balaban J connectivity index is 1.27. The SMILES string of the molecule is CC(C1CCN(Cc2nc(Cc3ccccc3Cl)no2)CC1)N1CCCC1. The predicted molar refractivity (Wildman–Crippen MR) is 107 cm³/mol. The number of hydrogen-bond acceptors (Lipinski definition) is 5. The molecule has 2 fully saturated rings. The molecule has 4 rings (SSSR count). The molecule has 3 heterocycles. The second kappa shape index (κ2) is 8.72. The van der Waals surface area contributed by atoms with Gasteiger partial charge in [0.25, 0.3) is 0 Å². The van der Waals surface area contributed by atoms with E-state index >= 15 is 0 Å². The van der Waals surface area contributed by atoms with Crippen LogP contribution in [-0.4, -0.2) is 52.2 Å². The van der Waals surface area contributed by atoms with Crippen LogP contribution in [0.3, 0.4) is 0 Å². The summed E-state index contributed by atoms with van der Waals surface area (Å²) in [4.78, 5) is 9.70. The standard InChI is InChI=1S/C21H29ClN4O/c1-16(26-10-4-5-11-26)17-8-12-25(13-9-17)15-21-23-20(24-27-21)14-18-6-2-3-7-19(18)22/h2-3,6-7,16-17H,4-5,8-15H2,1H3. The van der Waals surface area contributed by atoms with Crippen LogP contribution in [0.4, 0.5) is 0 Å². The topological polar surface area (TPSA) is 45.4 Å². The highest BCUT2D eigenvalue weighted by Gasteiger charge is 2.29. The fourth-order valence-electron chi connectivity index (χ4n) is 4.47. The van der Waals surface area contributed by atoms with Crippen molar-refractivity contribution in [2.75, 3.05) is 26.2 Å². The summed E-state index contributed by atoms with van der Waals surface area (Å²) >= 11 is 6.22. The van der Waals surface area contributed by atoms with Crippen molar-refractivity contribution >= 4 is 11.6 Å². The van der Waals surface area contributed by atoms with Crippen LogP contribution in [0.1, 0.15) is 49.9 Å². The summed E-state index contributed by atoms with van der Waals surface area (Å²) in [6, 6.07) is 8.54. The molecule has 0 spiro atoms. The molecule has 0 aliphatic carbocycles. The Morgan fingerprint density at radius 2 is 1.89 bits per heavy atom. The molecule has 0 amide bonds. The fourth-order valence-corrected chi connectivity index (χ4v) is 4.67. The largest absolute Gasteiger partial charge is 0.338 e. The van der Waals surface area contributed by atoms with E-state index in [1.807, 2.05) is 24.3 Å². The smallest absolute Gasteiger partial charge is 0.240 e. The number of hydrogen-bond donors (Lipinski definition) is 0. The lowest BCUT2D eigenvalue weighted by Gasteiger charge is -2.37. The summed E-state index contributed by atoms with van der Waals surface area (Å²) in [5, 5.41) is 4.88. The zero-order valence-electron chi connectivity index (χ0n) is 16.1. The first-order valence-corrected chi connectivity index (χ1v) is 10.6. The van der Waals surface area contributed by atoms with Gasteiger partial charge in [-0.2, -0.15) is 4.98 Å². The van der Waals surface area contributed by atoms with Gasteiger partial charge in [-0.1, -0.05) is 35.0 Å². The summed E-state index contributed by atoms with van der Waals surface area (Å²) < 4.78 is 5.48. The van der Waals surface area contributed by atoms with Gasteiger partial charge in [-0.05, 0) is 76.3 Å². The summed E-state index contributed by atoms with van der Waals surface area (Å²) in [6.45, 7) is 7.98. The Morgan fingerprint density at radius 1 is 1.15 bits per heavy atom. The molecular weight excluding hydrogens is 360 g/mol. The van der Waals surface area contributed by atoms with E-state index in [-0.39, 0.29) is 0 Å². The lowest BCUT2D eigenvalue weighted by molar-refractivity contribution is 0.101. The molecule has 1 aromatic carbocycles. The fraction of sp³-hybridized carbons (Fsp3) is 0.619. The highest BCUT2D eigenvalue weighted by molar-refractivity contribution is 6.31. The zero-order valence-corrected chi connectivity index (χ0v) is 16.9. The van der Waals surface area contributed by atoms with Gasteiger partial charge in [0.2, 0.25) is 5.89 Å². The zero-order chi connectivity index (χ0) is 18.6. The molecule has 0 saturated carbocycles. The van der Waals surface area contributed by atoms with Crippen molar-refractivity contribution in [3.8, 4) is 0 Å². The molecule has 146 valence electrons. The van der Waals surface area contributed by atoms with Crippen LogP contribution in [0.25, 0.3) is 0 Å². The van der Waals surface area contributed by atoms with E-state index in [0.29, 0.717) is 18.1 Å². The maximum atomic E-state index is 6.22. The van der Waals surface area contributed by atoms with Gasteiger partial charge in [-0.3, -0.25) is 4.90 Å². The van der Waals surface area contributed by atoms with E-state index < -0.39 is 0 Å². The van der Waals surface area contributed by atoms with Crippen molar-refractivity contribution in [2.24, 2.45) is 5.92 Å². The molecule has 2 aliphatic rings. The van der Waals surface area contributed by atoms with Crippen LogP contribution in [0.15, 0.2) is 28.8 Å². The quantitative estimate of drug-likeness (QED) is 0.748. The van der Waals surface area contributed by atoms with E-state index in [1.165, 1.54) is 38.8 Å². The number of aromatic nitrogens is 2. The molecule has 0 radical (unpaired) electrons. The summed E-state index contributed by atoms with van der Waals surface area (Å²) in [7, 11) is 0. The minimum atomic E-state index is 0.610. The van der Waals surface area contributed by atoms with Gasteiger partial charge in [0.1, 0.15) is 0 Å². The number of halogens is 1. The molecule has 27 heavy (non-hydrogen) atoms. The highest BCUT2D eigenvalue weighted by atomic mass is 35.5. The first kappa shape index (κ1) is 18.9. The van der Waals surface area contributed by atoms with Crippen molar-refractivity contribution < 1.29 is 4.52 Å². The number of benzene rings is 1. The molecule has 6 heteroatoms. The third kappa shape index (κ3) is 4.71. The number of piperidine rings is 1. The van der Waals surface area contributed by atoms with Crippen LogP contribution in [0.5, 0.6) is 0 Å². The van der Waals surface area contributed by atoms with Gasteiger partial charge in [-0.25, -0.2) is 0 Å². The van der Waals surface area contributed by atoms with E-state index in [9.17, 15) is 0 Å². The maximum absolute atomic E-state index is 6.22. The first-order valence-electron chi connectivity index (χ1n) is 10.2. The van der Waals surface area contributed by atoms with E-state index in [2.05, 4.69) is 26.9 Å². The summed E-state index contributed by atoms with van der Waals surface area (Å²) in [5.41, 5.74) is 1.03. The van der Waals surface area contributed by atoms with Gasteiger partial charge >= 0.3 is 0 Å². The average Bonchev–Trinajstić information content (AvgIpc) is 3.36. The molecule has 0 N–H and O–H groups in total. The monoisotopic (exact) mass is 388 g/mol. The minimum absolute atomic E-state index is 0.610. The predicted octanol–water partition coefficient (Wildman–Crippen LogP) is 4.01. The van der Waals surface area contributed by atoms with Crippen LogP contribution in [0.2, 0.25) is 5.02 Å². The highest BCUT2D eigenvalue weighted by Crippen LogP contribution is 2.27. The van der Waals surface area contributed by atoms with Gasteiger partial charge in [-0.15, -0.1) is 0 Å². The maximum Gasteiger partial charge on any atom is 0.240 e. The lowest BCUT2D eigenvalue weighted by atomic mass is 9.89. The third-order valence-electron chi connectivity index (χ3n) is 6.21. The van der Waals surface area contributed by atoms with Crippen molar-refractivity contribution in [1.82, 2.24) is 19.9 Å². The number of rotatable bonds is 6. The summed E-state index contributed by atoms with van der Waals surface area (Å²) in [6.07, 6.45) is 5.88. The Hall–Kier alpha value is -1.43.